The highest BCUT2D eigenvalue weighted by atomic mass is 32.1. The summed E-state index contributed by atoms with van der Waals surface area (Å²) in [5.41, 5.74) is -0.654. The quantitative estimate of drug-likeness (QED) is 0.738. The molecule has 0 aromatic carbocycles. The first-order chi connectivity index (χ1) is 7.98. The number of urea groups is 1. The molecule has 7 heteroatoms. The molecule has 2 bridgehead atoms. The number of hydroxylamine groups is 2. The molecular formula is C10H10N2O4S. The molecule has 6 nitrogen and oxygen atoms in total. The molecule has 2 aliphatic heterocycles. The van der Waals surface area contributed by atoms with Crippen molar-refractivity contribution in [3.05, 3.63) is 21.9 Å². The fourth-order valence-electron chi connectivity index (χ4n) is 2.50. The maximum absolute atomic E-state index is 11.8. The first kappa shape index (κ1) is 10.5. The number of hydrogen-bond donors (Lipinski definition) is 2. The molecule has 1 aromatic rings. The van der Waals surface area contributed by atoms with E-state index >= 15 is 0 Å². The Morgan fingerprint density at radius 3 is 3.00 bits per heavy atom. The van der Waals surface area contributed by atoms with Crippen molar-refractivity contribution in [1.29, 1.82) is 0 Å². The van der Waals surface area contributed by atoms with E-state index in [4.69, 9.17) is 0 Å². The normalized spacial score (nSPS) is 30.7. The molecule has 2 atom stereocenters. The van der Waals surface area contributed by atoms with Crippen molar-refractivity contribution < 1.29 is 19.9 Å². The second-order valence-corrected chi connectivity index (χ2v) is 5.25. The number of amides is 2. The van der Waals surface area contributed by atoms with E-state index in [-0.39, 0.29) is 6.54 Å². The Morgan fingerprint density at radius 1 is 1.65 bits per heavy atom. The summed E-state index contributed by atoms with van der Waals surface area (Å²) in [7, 11) is 0. The van der Waals surface area contributed by atoms with Crippen LogP contribution in [0.3, 0.4) is 0 Å². The minimum Gasteiger partial charge on any atom is -0.479 e. The Balaban J connectivity index is 2.27. The Kier molecular flexibility index (Phi) is 1.86. The minimum absolute atomic E-state index is 0.210. The molecule has 3 heterocycles. The molecule has 90 valence electrons. The van der Waals surface area contributed by atoms with Crippen LogP contribution < -0.4 is 0 Å². The summed E-state index contributed by atoms with van der Waals surface area (Å²) < 4.78 is 0. The fraction of sp³-hybridized carbons (Fsp3) is 0.400. The molecule has 1 aromatic heterocycles. The highest BCUT2D eigenvalue weighted by Crippen LogP contribution is 2.48. The van der Waals surface area contributed by atoms with Gasteiger partial charge in [0.2, 0.25) is 0 Å². The molecular weight excluding hydrogens is 244 g/mol. The zero-order chi connectivity index (χ0) is 12.4. The number of aliphatic carboxylic acids is 1. The first-order valence-corrected chi connectivity index (χ1v) is 5.97. The van der Waals surface area contributed by atoms with Gasteiger partial charge in [-0.3, -0.25) is 10.1 Å². The van der Waals surface area contributed by atoms with Gasteiger partial charge in [0.05, 0.1) is 6.54 Å². The number of nitrogens with zero attached hydrogens (tertiary/aromatic N) is 2. The average Bonchev–Trinajstić information content (AvgIpc) is 2.85. The van der Waals surface area contributed by atoms with Gasteiger partial charge in [0.15, 0.2) is 5.54 Å². The topological polar surface area (TPSA) is 81.1 Å². The van der Waals surface area contributed by atoms with Crippen molar-refractivity contribution in [3.8, 4) is 0 Å². The maximum Gasteiger partial charge on any atom is 0.345 e. The predicted octanol–water partition coefficient (Wildman–Crippen LogP) is 1.23. The van der Waals surface area contributed by atoms with Crippen molar-refractivity contribution in [2.45, 2.75) is 18.5 Å². The van der Waals surface area contributed by atoms with Crippen LogP contribution in [0, 0.1) is 0 Å². The lowest BCUT2D eigenvalue weighted by atomic mass is 9.89. The highest BCUT2D eigenvalue weighted by molar-refractivity contribution is 7.10. The summed E-state index contributed by atoms with van der Waals surface area (Å²) in [6.07, 6.45) is 0. The molecule has 0 spiro atoms. The van der Waals surface area contributed by atoms with E-state index in [9.17, 15) is 19.9 Å². The Morgan fingerprint density at radius 2 is 2.35 bits per heavy atom. The smallest absolute Gasteiger partial charge is 0.345 e. The van der Waals surface area contributed by atoms with E-state index in [1.165, 1.54) is 23.2 Å². The van der Waals surface area contributed by atoms with Crippen LogP contribution in [0.4, 0.5) is 4.79 Å². The van der Waals surface area contributed by atoms with Gasteiger partial charge >= 0.3 is 12.0 Å². The lowest BCUT2D eigenvalue weighted by Crippen LogP contribution is -2.52. The van der Waals surface area contributed by atoms with Crippen LogP contribution in [0.2, 0.25) is 0 Å². The molecule has 2 amide bonds. The Bertz CT molecular complexity index is 528. The van der Waals surface area contributed by atoms with Gasteiger partial charge in [-0.05, 0) is 23.9 Å². The number of fused-ring (bicyclic) bond motifs is 4. The summed E-state index contributed by atoms with van der Waals surface area (Å²) in [4.78, 5) is 25.1. The largest absolute Gasteiger partial charge is 0.479 e. The number of carboxylic acid groups (broad SMARTS) is 1. The fourth-order valence-corrected chi connectivity index (χ4v) is 3.62. The average molecular weight is 254 g/mol. The molecule has 3 rings (SSSR count). The summed E-state index contributed by atoms with van der Waals surface area (Å²) in [5, 5.41) is 21.5. The van der Waals surface area contributed by atoms with Crippen molar-refractivity contribution >= 4 is 23.3 Å². The number of carbonyl (C=O) groups is 2. The van der Waals surface area contributed by atoms with E-state index in [1.807, 2.05) is 0 Å². The Labute approximate surface area is 101 Å². The van der Waals surface area contributed by atoms with Crippen molar-refractivity contribution in [2.75, 3.05) is 6.54 Å². The monoisotopic (exact) mass is 254 g/mol. The van der Waals surface area contributed by atoms with E-state index in [0.29, 0.717) is 9.94 Å². The molecule has 0 unspecified atom stereocenters. The number of carboxylic acids is 1. The number of rotatable bonds is 1. The van der Waals surface area contributed by atoms with E-state index < -0.39 is 23.6 Å². The lowest BCUT2D eigenvalue weighted by Gasteiger charge is -2.36. The van der Waals surface area contributed by atoms with Crippen LogP contribution in [-0.2, 0) is 10.3 Å². The molecule has 0 radical (unpaired) electrons. The maximum atomic E-state index is 11.8. The van der Waals surface area contributed by atoms with Crippen molar-refractivity contribution in [2.24, 2.45) is 0 Å². The summed E-state index contributed by atoms with van der Waals surface area (Å²) in [5.74, 6) is -1.08. The second-order valence-electron chi connectivity index (χ2n) is 4.34. The van der Waals surface area contributed by atoms with Crippen molar-refractivity contribution in [3.63, 3.8) is 0 Å². The van der Waals surface area contributed by atoms with Crippen molar-refractivity contribution in [1.82, 2.24) is 9.96 Å². The van der Waals surface area contributed by atoms with Crippen LogP contribution in [0.15, 0.2) is 11.4 Å². The van der Waals surface area contributed by atoms with Gasteiger partial charge in [0.25, 0.3) is 0 Å². The molecule has 2 N–H and O–H groups in total. The van der Waals surface area contributed by atoms with Gasteiger partial charge in [-0.1, -0.05) is 0 Å². The second kappa shape index (κ2) is 2.99. The van der Waals surface area contributed by atoms with E-state index in [0.717, 1.165) is 5.56 Å². The highest BCUT2D eigenvalue weighted by Gasteiger charge is 2.58. The van der Waals surface area contributed by atoms with Gasteiger partial charge in [-0.25, -0.2) is 9.59 Å². The SMILES string of the molecule is C[C@@]1(C(=O)O)c2sccc2[C@H]2CN1C(=O)N2O. The predicted molar refractivity (Wildman–Crippen MR) is 57.8 cm³/mol. The van der Waals surface area contributed by atoms with Crippen LogP contribution in [0.5, 0.6) is 0 Å². The zero-order valence-electron chi connectivity index (χ0n) is 8.95. The summed E-state index contributed by atoms with van der Waals surface area (Å²) in [6, 6.07) is 0.671. The van der Waals surface area contributed by atoms with Crippen LogP contribution in [0.25, 0.3) is 0 Å². The molecule has 0 saturated carbocycles. The van der Waals surface area contributed by atoms with E-state index in [2.05, 4.69) is 0 Å². The van der Waals surface area contributed by atoms with Gasteiger partial charge < -0.3 is 5.11 Å². The first-order valence-electron chi connectivity index (χ1n) is 5.09. The number of thiophene rings is 1. The van der Waals surface area contributed by atoms with Crippen LogP contribution in [-0.4, -0.2) is 38.8 Å². The molecule has 0 aliphatic carbocycles. The number of carbonyl (C=O) groups excluding carboxylic acids is 1. The van der Waals surface area contributed by atoms with Gasteiger partial charge in [-0.15, -0.1) is 11.3 Å². The third kappa shape index (κ3) is 1.03. The minimum atomic E-state index is -1.38. The molecule has 17 heavy (non-hydrogen) atoms. The van der Waals surface area contributed by atoms with Crippen LogP contribution in [0.1, 0.15) is 23.4 Å². The standard InChI is InChI=1S/C10H10N2O4S/c1-10(8(13)14)7-5(2-3-17-7)6-4-11(10)9(15)12(6)16/h2-3,6,16H,4H2,1H3,(H,13,14)/t6-,10+/m1/s1. The third-order valence-corrected chi connectivity index (χ3v) is 4.67. The van der Waals surface area contributed by atoms with Gasteiger partial charge in [0, 0.05) is 4.88 Å². The lowest BCUT2D eigenvalue weighted by molar-refractivity contribution is -0.149. The van der Waals surface area contributed by atoms with E-state index in [1.54, 1.807) is 11.4 Å². The van der Waals surface area contributed by atoms with Gasteiger partial charge in [0.1, 0.15) is 6.04 Å². The molecule has 1 saturated heterocycles. The zero-order valence-corrected chi connectivity index (χ0v) is 9.77. The molecule has 2 aliphatic rings. The third-order valence-electron chi connectivity index (χ3n) is 3.53. The number of hydrogen-bond acceptors (Lipinski definition) is 4. The Hall–Kier alpha value is -1.60. The summed E-state index contributed by atoms with van der Waals surface area (Å²) >= 11 is 1.30. The summed E-state index contributed by atoms with van der Waals surface area (Å²) in [6.45, 7) is 1.71. The molecule has 1 fully saturated rings. The van der Waals surface area contributed by atoms with Gasteiger partial charge in [-0.2, -0.15) is 5.06 Å². The van der Waals surface area contributed by atoms with Crippen LogP contribution >= 0.6 is 11.3 Å².